The smallest absolute Gasteiger partial charge is 0.344 e. The lowest BCUT2D eigenvalue weighted by molar-refractivity contribution is 0.248. The summed E-state index contributed by atoms with van der Waals surface area (Å²) in [6.45, 7) is 2.27. The van der Waals surface area contributed by atoms with Crippen LogP contribution in [-0.2, 0) is 6.42 Å². The van der Waals surface area contributed by atoms with Crippen LogP contribution in [0.1, 0.15) is 25.0 Å². The van der Waals surface area contributed by atoms with E-state index in [1.807, 2.05) is 11.0 Å². The molecule has 0 bridgehead atoms. The number of nitrogens with two attached hydrogens (primary N) is 1. The number of carbonyl (C=O) groups is 1. The number of aryl methyl sites for hydroxylation is 1. The maximum atomic E-state index is 11.6. The number of nitrogens with one attached hydrogen (secondary N) is 1. The first-order chi connectivity index (χ1) is 10.2. The molecule has 114 valence electrons. The fraction of sp³-hybridized carbons (Fsp3) is 0.500. The monoisotopic (exact) mass is 309 g/mol. The van der Waals surface area contributed by atoms with Crippen molar-refractivity contribution in [3.05, 3.63) is 29.0 Å². The molecule has 0 radical (unpaired) electrons. The average molecular weight is 310 g/mol. The second-order valence-corrected chi connectivity index (χ2v) is 5.34. The molecule has 0 saturated carbocycles. The Morgan fingerprint density at radius 1 is 1.48 bits per heavy atom. The van der Waals surface area contributed by atoms with Crippen LogP contribution in [0.5, 0.6) is 0 Å². The van der Waals surface area contributed by atoms with Crippen molar-refractivity contribution < 1.29 is 4.79 Å². The third-order valence-electron chi connectivity index (χ3n) is 3.35. The van der Waals surface area contributed by atoms with Crippen molar-refractivity contribution in [3.8, 4) is 0 Å². The molecule has 0 spiro atoms. The Morgan fingerprint density at radius 3 is 2.95 bits per heavy atom. The second-order valence-electron chi connectivity index (χ2n) is 4.93. The number of rotatable bonds is 4. The van der Waals surface area contributed by atoms with Gasteiger partial charge in [-0.1, -0.05) is 11.6 Å². The number of likely N-dealkylation sites (tertiary alicyclic amines) is 1. The summed E-state index contributed by atoms with van der Waals surface area (Å²) in [5, 5.41) is 3.38. The number of nitrogens with zero attached hydrogens (tertiary/aromatic N) is 3. The normalized spacial score (nSPS) is 15.3. The third kappa shape index (κ3) is 4.90. The summed E-state index contributed by atoms with van der Waals surface area (Å²) in [6, 6.07) is 3.21. The predicted molar refractivity (Wildman–Crippen MR) is 83.4 cm³/mol. The van der Waals surface area contributed by atoms with Gasteiger partial charge in [-0.05, 0) is 37.8 Å². The molecule has 1 aliphatic rings. The van der Waals surface area contributed by atoms with Crippen LogP contribution in [0, 0.1) is 0 Å². The minimum atomic E-state index is -0.397. The van der Waals surface area contributed by atoms with Gasteiger partial charge in [-0.2, -0.15) is 4.99 Å². The van der Waals surface area contributed by atoms with Crippen molar-refractivity contribution in [2.75, 3.05) is 19.6 Å². The van der Waals surface area contributed by atoms with E-state index in [2.05, 4.69) is 15.3 Å². The first kappa shape index (κ1) is 15.6. The second kappa shape index (κ2) is 7.83. The van der Waals surface area contributed by atoms with E-state index in [1.54, 1.807) is 12.3 Å². The first-order valence-corrected chi connectivity index (χ1v) is 7.51. The summed E-state index contributed by atoms with van der Waals surface area (Å²) in [6.07, 6.45) is 5.37. The summed E-state index contributed by atoms with van der Waals surface area (Å²) in [5.74, 6) is 0.303. The van der Waals surface area contributed by atoms with Crippen LogP contribution in [0.3, 0.4) is 0 Å². The molecule has 0 unspecified atom stereocenters. The SMILES string of the molecule is NC(=NC(=O)NCCCc1ncccc1Cl)N1CCCC1. The molecule has 1 aromatic heterocycles. The van der Waals surface area contributed by atoms with Crippen molar-refractivity contribution in [2.45, 2.75) is 25.7 Å². The predicted octanol–water partition coefficient (Wildman–Crippen LogP) is 1.79. The van der Waals surface area contributed by atoms with Crippen molar-refractivity contribution in [1.82, 2.24) is 15.2 Å². The molecule has 21 heavy (non-hydrogen) atoms. The number of halogens is 1. The molecule has 1 saturated heterocycles. The van der Waals surface area contributed by atoms with E-state index in [0.29, 0.717) is 23.9 Å². The molecule has 1 fully saturated rings. The van der Waals surface area contributed by atoms with E-state index < -0.39 is 6.03 Å². The van der Waals surface area contributed by atoms with Crippen molar-refractivity contribution >= 4 is 23.6 Å². The lowest BCUT2D eigenvalue weighted by Gasteiger charge is -2.15. The van der Waals surface area contributed by atoms with E-state index in [1.165, 1.54) is 0 Å². The Kier molecular flexibility index (Phi) is 5.80. The highest BCUT2D eigenvalue weighted by atomic mass is 35.5. The van der Waals surface area contributed by atoms with Crippen molar-refractivity contribution in [3.63, 3.8) is 0 Å². The van der Waals surface area contributed by atoms with E-state index in [9.17, 15) is 4.79 Å². The van der Waals surface area contributed by atoms with Crippen LogP contribution in [0.2, 0.25) is 5.02 Å². The molecular weight excluding hydrogens is 290 g/mol. The lowest BCUT2D eigenvalue weighted by atomic mass is 10.2. The van der Waals surface area contributed by atoms with Gasteiger partial charge in [-0.15, -0.1) is 0 Å². The van der Waals surface area contributed by atoms with Gasteiger partial charge in [-0.3, -0.25) is 4.98 Å². The quantitative estimate of drug-likeness (QED) is 0.504. The molecule has 0 aliphatic carbocycles. The third-order valence-corrected chi connectivity index (χ3v) is 3.69. The molecule has 0 aromatic carbocycles. The van der Waals surface area contributed by atoms with Crippen LogP contribution in [0.25, 0.3) is 0 Å². The standard InChI is InChI=1S/C14H20ClN5O/c15-11-5-3-7-17-12(11)6-4-8-18-14(21)19-13(16)20-9-1-2-10-20/h3,5,7H,1-2,4,6,8-10H2,(H3,16,18,19,21). The Labute approximate surface area is 129 Å². The average Bonchev–Trinajstić information content (AvgIpc) is 2.99. The number of hydrogen-bond donors (Lipinski definition) is 2. The zero-order valence-electron chi connectivity index (χ0n) is 11.9. The van der Waals surface area contributed by atoms with Crippen LogP contribution in [0.15, 0.2) is 23.3 Å². The number of guanidine groups is 1. The minimum Gasteiger partial charge on any atom is -0.369 e. The number of hydrogen-bond acceptors (Lipinski definition) is 2. The molecule has 1 aromatic rings. The van der Waals surface area contributed by atoms with Gasteiger partial charge in [-0.25, -0.2) is 4.79 Å². The summed E-state index contributed by atoms with van der Waals surface area (Å²) in [4.78, 5) is 21.6. The number of amides is 2. The molecule has 7 heteroatoms. The van der Waals surface area contributed by atoms with E-state index >= 15 is 0 Å². The highest BCUT2D eigenvalue weighted by Gasteiger charge is 2.14. The van der Waals surface area contributed by atoms with Gasteiger partial charge in [0.05, 0.1) is 10.7 Å². The number of carbonyl (C=O) groups excluding carboxylic acids is 1. The summed E-state index contributed by atoms with van der Waals surface area (Å²) >= 11 is 6.01. The summed E-state index contributed by atoms with van der Waals surface area (Å²) in [5.41, 5.74) is 6.62. The van der Waals surface area contributed by atoms with Crippen molar-refractivity contribution in [1.29, 1.82) is 0 Å². The van der Waals surface area contributed by atoms with Crippen LogP contribution in [-0.4, -0.2) is 41.5 Å². The zero-order chi connectivity index (χ0) is 15.1. The van der Waals surface area contributed by atoms with E-state index in [0.717, 1.165) is 38.0 Å². The highest BCUT2D eigenvalue weighted by Crippen LogP contribution is 2.13. The summed E-state index contributed by atoms with van der Waals surface area (Å²) < 4.78 is 0. The minimum absolute atomic E-state index is 0.303. The van der Waals surface area contributed by atoms with Crippen LogP contribution in [0.4, 0.5) is 4.79 Å². The molecule has 3 N–H and O–H groups in total. The largest absolute Gasteiger partial charge is 0.369 e. The lowest BCUT2D eigenvalue weighted by Crippen LogP contribution is -2.37. The Morgan fingerprint density at radius 2 is 2.24 bits per heavy atom. The topological polar surface area (TPSA) is 83.6 Å². The number of pyridine rings is 1. The molecule has 2 amide bonds. The molecule has 0 atom stereocenters. The fourth-order valence-electron chi connectivity index (χ4n) is 2.21. The zero-order valence-corrected chi connectivity index (χ0v) is 12.6. The van der Waals surface area contributed by atoms with Gasteiger partial charge in [0.2, 0.25) is 5.96 Å². The molecule has 1 aliphatic heterocycles. The number of urea groups is 1. The molecule has 2 rings (SSSR count). The summed E-state index contributed by atoms with van der Waals surface area (Å²) in [7, 11) is 0. The van der Waals surface area contributed by atoms with Gasteiger partial charge in [0.25, 0.3) is 0 Å². The van der Waals surface area contributed by atoms with Crippen LogP contribution >= 0.6 is 11.6 Å². The Balaban J connectivity index is 1.69. The van der Waals surface area contributed by atoms with Gasteiger partial charge in [0.1, 0.15) is 0 Å². The Bertz CT molecular complexity index is 514. The van der Waals surface area contributed by atoms with Gasteiger partial charge < -0.3 is 16.0 Å². The maximum Gasteiger partial charge on any atom is 0.344 e. The van der Waals surface area contributed by atoms with E-state index in [4.69, 9.17) is 17.3 Å². The molecular formula is C14H20ClN5O. The molecule has 6 nitrogen and oxygen atoms in total. The first-order valence-electron chi connectivity index (χ1n) is 7.13. The molecule has 2 heterocycles. The highest BCUT2D eigenvalue weighted by molar-refractivity contribution is 6.31. The van der Waals surface area contributed by atoms with Crippen molar-refractivity contribution in [2.24, 2.45) is 10.7 Å². The van der Waals surface area contributed by atoms with E-state index in [-0.39, 0.29) is 0 Å². The Hall–Kier alpha value is -1.82. The van der Waals surface area contributed by atoms with Gasteiger partial charge >= 0.3 is 6.03 Å². The number of aliphatic imine (C=N–C) groups is 1. The van der Waals surface area contributed by atoms with Crippen LogP contribution < -0.4 is 11.1 Å². The maximum absolute atomic E-state index is 11.6. The van der Waals surface area contributed by atoms with Gasteiger partial charge in [0.15, 0.2) is 0 Å². The number of aromatic nitrogens is 1. The fourth-order valence-corrected chi connectivity index (χ4v) is 2.43. The van der Waals surface area contributed by atoms with Gasteiger partial charge in [0, 0.05) is 25.8 Å².